The Kier molecular flexibility index (Phi) is 2.57. The van der Waals surface area contributed by atoms with Crippen molar-refractivity contribution in [2.24, 2.45) is 0 Å². The Labute approximate surface area is 119 Å². The van der Waals surface area contributed by atoms with Crippen LogP contribution >= 0.6 is 11.3 Å². The van der Waals surface area contributed by atoms with Gasteiger partial charge in [-0.15, -0.1) is 11.3 Å². The van der Waals surface area contributed by atoms with Gasteiger partial charge in [-0.25, -0.2) is 9.97 Å². The largest absolute Gasteiger partial charge is 0.345 e. The first kappa shape index (κ1) is 11.3. The van der Waals surface area contributed by atoms with Crippen molar-refractivity contribution in [3.05, 3.63) is 54.4 Å². The molecule has 4 nitrogen and oxygen atoms in total. The van der Waals surface area contributed by atoms with Crippen LogP contribution in [-0.2, 0) is 0 Å². The molecule has 0 aliphatic heterocycles. The average molecular weight is 278 g/mol. The van der Waals surface area contributed by atoms with Crippen molar-refractivity contribution < 1.29 is 0 Å². The van der Waals surface area contributed by atoms with E-state index in [1.165, 1.54) is 0 Å². The number of fused-ring (bicyclic) bond motifs is 1. The van der Waals surface area contributed by atoms with E-state index < -0.39 is 0 Å². The first-order valence-corrected chi connectivity index (χ1v) is 7.09. The summed E-state index contributed by atoms with van der Waals surface area (Å²) in [5.41, 5.74) is 5.80. The van der Waals surface area contributed by atoms with Gasteiger partial charge in [0.1, 0.15) is 5.82 Å². The minimum absolute atomic E-state index is 0.834. The van der Waals surface area contributed by atoms with Crippen LogP contribution in [0.2, 0.25) is 0 Å². The van der Waals surface area contributed by atoms with Gasteiger partial charge in [0, 0.05) is 29.7 Å². The van der Waals surface area contributed by atoms with Crippen LogP contribution in [0.4, 0.5) is 0 Å². The van der Waals surface area contributed by atoms with E-state index in [0.29, 0.717) is 0 Å². The summed E-state index contributed by atoms with van der Waals surface area (Å²) < 4.78 is 1.15. The van der Waals surface area contributed by atoms with Crippen molar-refractivity contribution in [1.82, 2.24) is 19.9 Å². The lowest BCUT2D eigenvalue weighted by atomic mass is 10.0. The van der Waals surface area contributed by atoms with Crippen LogP contribution in [0, 0.1) is 0 Å². The molecule has 1 N–H and O–H groups in total. The van der Waals surface area contributed by atoms with E-state index >= 15 is 0 Å². The molecule has 3 heterocycles. The van der Waals surface area contributed by atoms with Crippen molar-refractivity contribution in [3.63, 3.8) is 0 Å². The van der Waals surface area contributed by atoms with Gasteiger partial charge < -0.3 is 4.98 Å². The van der Waals surface area contributed by atoms with E-state index in [0.717, 1.165) is 32.9 Å². The Morgan fingerprint density at radius 3 is 2.75 bits per heavy atom. The van der Waals surface area contributed by atoms with Crippen molar-refractivity contribution in [2.45, 2.75) is 0 Å². The second-order valence-electron chi connectivity index (χ2n) is 4.34. The van der Waals surface area contributed by atoms with Gasteiger partial charge in [0.05, 0.1) is 21.4 Å². The van der Waals surface area contributed by atoms with Gasteiger partial charge in [-0.2, -0.15) is 0 Å². The molecule has 0 saturated carbocycles. The summed E-state index contributed by atoms with van der Waals surface area (Å²) in [6.45, 7) is 0. The highest BCUT2D eigenvalue weighted by Gasteiger charge is 2.15. The Bertz CT molecular complexity index is 850. The lowest BCUT2D eigenvalue weighted by Gasteiger charge is -2.08. The number of H-pyrrole nitrogens is 1. The molecule has 0 radical (unpaired) electrons. The highest BCUT2D eigenvalue weighted by molar-refractivity contribution is 7.16. The summed E-state index contributed by atoms with van der Waals surface area (Å²) in [5.74, 6) is 0.834. The van der Waals surface area contributed by atoms with Crippen molar-refractivity contribution in [1.29, 1.82) is 0 Å². The SMILES string of the molecule is c1ccc(-c2c(-c3ncc[nH]3)ccc3scnc23)nc1. The zero-order valence-corrected chi connectivity index (χ0v) is 11.3. The number of benzene rings is 1. The molecule has 4 aromatic rings. The molecule has 0 atom stereocenters. The summed E-state index contributed by atoms with van der Waals surface area (Å²) in [6.07, 6.45) is 5.37. The number of aromatic nitrogens is 4. The molecule has 0 aliphatic rings. The van der Waals surface area contributed by atoms with Crippen LogP contribution in [-0.4, -0.2) is 19.9 Å². The number of pyridine rings is 1. The number of hydrogen-bond donors (Lipinski definition) is 1. The molecule has 1 aromatic carbocycles. The molecule has 0 unspecified atom stereocenters. The van der Waals surface area contributed by atoms with Gasteiger partial charge in [0.15, 0.2) is 0 Å². The molecule has 0 fully saturated rings. The monoisotopic (exact) mass is 278 g/mol. The molecule has 0 bridgehead atoms. The molecular weight excluding hydrogens is 268 g/mol. The van der Waals surface area contributed by atoms with Crippen LogP contribution in [0.15, 0.2) is 54.4 Å². The van der Waals surface area contributed by atoms with Crippen molar-refractivity contribution >= 4 is 21.6 Å². The molecule has 20 heavy (non-hydrogen) atoms. The molecule has 5 heteroatoms. The second kappa shape index (κ2) is 4.54. The number of nitrogens with one attached hydrogen (secondary N) is 1. The van der Waals surface area contributed by atoms with Gasteiger partial charge in [0.2, 0.25) is 0 Å². The number of thiazole rings is 1. The molecule has 96 valence electrons. The van der Waals surface area contributed by atoms with Crippen LogP contribution in [0.1, 0.15) is 0 Å². The predicted octanol–water partition coefficient (Wildman–Crippen LogP) is 3.75. The zero-order valence-electron chi connectivity index (χ0n) is 10.4. The summed E-state index contributed by atoms with van der Waals surface area (Å²) in [7, 11) is 0. The lowest BCUT2D eigenvalue weighted by molar-refractivity contribution is 1.29. The summed E-state index contributed by atoms with van der Waals surface area (Å²) in [4.78, 5) is 16.5. The van der Waals surface area contributed by atoms with Crippen LogP contribution < -0.4 is 0 Å². The molecular formula is C15H10N4S. The Balaban J connectivity index is 2.09. The molecule has 0 aliphatic carbocycles. The van der Waals surface area contributed by atoms with Gasteiger partial charge >= 0.3 is 0 Å². The normalized spacial score (nSPS) is 11.0. The standard InChI is InChI=1S/C15H10N4S/c1-2-6-16-11(3-1)13-10(15-17-7-8-18-15)4-5-12-14(13)19-9-20-12/h1-9H,(H,17,18). The van der Waals surface area contributed by atoms with Crippen LogP contribution in [0.25, 0.3) is 32.9 Å². The van der Waals surface area contributed by atoms with Crippen LogP contribution in [0.3, 0.4) is 0 Å². The third-order valence-corrected chi connectivity index (χ3v) is 3.97. The smallest absolute Gasteiger partial charge is 0.138 e. The number of rotatable bonds is 2. The van der Waals surface area contributed by atoms with E-state index in [1.807, 2.05) is 29.9 Å². The zero-order chi connectivity index (χ0) is 13.4. The quantitative estimate of drug-likeness (QED) is 0.607. The maximum Gasteiger partial charge on any atom is 0.138 e. The van der Waals surface area contributed by atoms with Gasteiger partial charge in [0.25, 0.3) is 0 Å². The first-order valence-electron chi connectivity index (χ1n) is 6.21. The Morgan fingerprint density at radius 2 is 1.95 bits per heavy atom. The van der Waals surface area contributed by atoms with E-state index in [9.17, 15) is 0 Å². The van der Waals surface area contributed by atoms with E-state index in [2.05, 4.69) is 32.1 Å². The van der Waals surface area contributed by atoms with Crippen LogP contribution in [0.5, 0.6) is 0 Å². The molecule has 0 amide bonds. The lowest BCUT2D eigenvalue weighted by Crippen LogP contribution is -1.90. The molecule has 0 saturated heterocycles. The number of nitrogens with zero attached hydrogens (tertiary/aromatic N) is 3. The third-order valence-electron chi connectivity index (χ3n) is 3.18. The topological polar surface area (TPSA) is 54.5 Å². The van der Waals surface area contributed by atoms with E-state index in [1.54, 1.807) is 23.7 Å². The minimum Gasteiger partial charge on any atom is -0.345 e. The number of aromatic amines is 1. The van der Waals surface area contributed by atoms with E-state index in [-0.39, 0.29) is 0 Å². The highest BCUT2D eigenvalue weighted by Crippen LogP contribution is 2.36. The average Bonchev–Trinajstić information content (AvgIpc) is 3.18. The maximum absolute atomic E-state index is 4.50. The van der Waals surface area contributed by atoms with Gasteiger partial charge in [-0.3, -0.25) is 4.98 Å². The van der Waals surface area contributed by atoms with Crippen molar-refractivity contribution in [2.75, 3.05) is 0 Å². The second-order valence-corrected chi connectivity index (χ2v) is 5.23. The highest BCUT2D eigenvalue weighted by atomic mass is 32.1. The molecule has 0 spiro atoms. The molecule has 3 aromatic heterocycles. The summed E-state index contributed by atoms with van der Waals surface area (Å²) in [6, 6.07) is 10.1. The molecule has 4 rings (SSSR count). The van der Waals surface area contributed by atoms with E-state index in [4.69, 9.17) is 0 Å². The van der Waals surface area contributed by atoms with Gasteiger partial charge in [-0.1, -0.05) is 6.07 Å². The third kappa shape index (κ3) is 1.71. The fraction of sp³-hybridized carbons (Fsp3) is 0. The summed E-state index contributed by atoms with van der Waals surface area (Å²) in [5, 5.41) is 0. The number of imidazole rings is 1. The minimum atomic E-state index is 0.834. The van der Waals surface area contributed by atoms with Crippen molar-refractivity contribution in [3.8, 4) is 22.6 Å². The first-order chi connectivity index (χ1) is 9.93. The van der Waals surface area contributed by atoms with Gasteiger partial charge in [-0.05, 0) is 24.3 Å². The summed E-state index contributed by atoms with van der Waals surface area (Å²) >= 11 is 1.63. The Hall–Kier alpha value is -2.53. The fourth-order valence-electron chi connectivity index (χ4n) is 2.31. The fourth-order valence-corrected chi connectivity index (χ4v) is 3.00. The Morgan fingerprint density at radius 1 is 0.950 bits per heavy atom. The maximum atomic E-state index is 4.50. The predicted molar refractivity (Wildman–Crippen MR) is 80.4 cm³/mol. The number of hydrogen-bond acceptors (Lipinski definition) is 4.